The molecule has 0 unspecified atom stereocenters. The summed E-state index contributed by atoms with van der Waals surface area (Å²) in [6, 6.07) is 0. The maximum atomic E-state index is 10.9. The summed E-state index contributed by atoms with van der Waals surface area (Å²) in [5.74, 6) is 0.120. The molecule has 16 heavy (non-hydrogen) atoms. The Kier molecular flexibility index (Phi) is 11.6. The van der Waals surface area contributed by atoms with Crippen molar-refractivity contribution in [3.8, 4) is 0 Å². The Hall–Kier alpha value is 0.0900. The number of hydrogen-bond donors (Lipinski definition) is 1. The van der Waals surface area contributed by atoms with Crippen LogP contribution in [0.25, 0.3) is 0 Å². The predicted octanol–water partition coefficient (Wildman–Crippen LogP) is 2.14. The van der Waals surface area contributed by atoms with Crippen molar-refractivity contribution in [1.29, 1.82) is 0 Å². The van der Waals surface area contributed by atoms with Crippen LogP contribution < -0.4 is 0 Å². The topological polar surface area (TPSA) is 55.8 Å². The first-order chi connectivity index (χ1) is 7.72. The summed E-state index contributed by atoms with van der Waals surface area (Å²) in [7, 11) is 0. The maximum absolute atomic E-state index is 10.9. The zero-order valence-electron chi connectivity index (χ0n) is 9.81. The molecule has 1 N–H and O–H groups in total. The highest BCUT2D eigenvalue weighted by Gasteiger charge is 2.16. The van der Waals surface area contributed by atoms with Crippen molar-refractivity contribution in [2.45, 2.75) is 12.8 Å². The molecule has 96 valence electrons. The van der Waals surface area contributed by atoms with E-state index in [1.54, 1.807) is 23.5 Å². The Labute approximate surface area is 105 Å². The van der Waals surface area contributed by atoms with Gasteiger partial charge in [-0.1, -0.05) is 0 Å². The summed E-state index contributed by atoms with van der Waals surface area (Å²) in [6.45, 7) is 1.00. The second-order valence-corrected chi connectivity index (χ2v) is 4.87. The molecule has 0 aromatic carbocycles. The monoisotopic (exact) mass is 268 g/mol. The molecule has 0 spiro atoms. The van der Waals surface area contributed by atoms with Gasteiger partial charge in [-0.2, -0.15) is 0 Å². The van der Waals surface area contributed by atoms with Gasteiger partial charge in [-0.3, -0.25) is 4.79 Å². The maximum Gasteiger partial charge on any atom is 0.306 e. The number of carboxylic acid groups (broad SMARTS) is 1. The van der Waals surface area contributed by atoms with Crippen LogP contribution in [0.5, 0.6) is 0 Å². The lowest BCUT2D eigenvalue weighted by atomic mass is 10.0. The smallest absolute Gasteiger partial charge is 0.306 e. The van der Waals surface area contributed by atoms with Gasteiger partial charge in [0.2, 0.25) is 0 Å². The van der Waals surface area contributed by atoms with E-state index in [1.807, 2.05) is 12.5 Å². The van der Waals surface area contributed by atoms with Crippen LogP contribution in [0.4, 0.5) is 0 Å². The van der Waals surface area contributed by atoms with E-state index < -0.39 is 5.97 Å². The van der Waals surface area contributed by atoms with Crippen LogP contribution in [0.2, 0.25) is 0 Å². The van der Waals surface area contributed by atoms with Crippen LogP contribution in [0.3, 0.4) is 0 Å². The summed E-state index contributed by atoms with van der Waals surface area (Å²) in [5, 5.41) is 8.96. The molecule has 0 aliphatic carbocycles. The number of rotatable bonds is 11. The molecule has 0 saturated heterocycles. The summed E-state index contributed by atoms with van der Waals surface area (Å²) >= 11 is 3.18. The minimum absolute atomic E-state index is 0.358. The lowest BCUT2D eigenvalue weighted by molar-refractivity contribution is -0.143. The van der Waals surface area contributed by atoms with Crippen molar-refractivity contribution < 1.29 is 19.4 Å². The minimum Gasteiger partial charge on any atom is -0.481 e. The van der Waals surface area contributed by atoms with Crippen LogP contribution >= 0.6 is 23.5 Å². The second-order valence-electron chi connectivity index (χ2n) is 3.24. The van der Waals surface area contributed by atoms with Gasteiger partial charge in [-0.25, -0.2) is 0 Å². The fourth-order valence-corrected chi connectivity index (χ4v) is 1.70. The van der Waals surface area contributed by atoms with Gasteiger partial charge in [0.15, 0.2) is 0 Å². The van der Waals surface area contributed by atoms with Crippen molar-refractivity contribution in [2.24, 2.45) is 5.92 Å². The van der Waals surface area contributed by atoms with Crippen molar-refractivity contribution in [3.63, 3.8) is 0 Å². The Morgan fingerprint density at radius 2 is 1.56 bits per heavy atom. The van der Waals surface area contributed by atoms with Crippen LogP contribution in [0.15, 0.2) is 0 Å². The predicted molar refractivity (Wildman–Crippen MR) is 69.0 cm³/mol. The summed E-state index contributed by atoms with van der Waals surface area (Å²) in [5.41, 5.74) is 0. The number of carbonyl (C=O) groups is 1. The van der Waals surface area contributed by atoms with Gasteiger partial charge in [0.05, 0.1) is 17.8 Å². The number of aliphatic carboxylic acids is 1. The summed E-state index contributed by atoms with van der Waals surface area (Å²) in [4.78, 5) is 10.9. The van der Waals surface area contributed by atoms with Crippen LogP contribution in [-0.4, -0.2) is 48.7 Å². The van der Waals surface area contributed by atoms with Gasteiger partial charge in [0.25, 0.3) is 0 Å². The first-order valence-corrected chi connectivity index (χ1v) is 7.87. The lowest BCUT2D eigenvalue weighted by Gasteiger charge is -2.12. The third-order valence-corrected chi connectivity index (χ3v) is 2.78. The molecule has 0 fully saturated rings. The standard InChI is InChI=1S/C10H20O4S2/c1-15-7-13-5-3-9(10(11)12)4-6-14-8-16-2/h9H,3-8H2,1-2H3,(H,11,12). The van der Waals surface area contributed by atoms with Crippen molar-refractivity contribution >= 4 is 29.5 Å². The first kappa shape index (κ1) is 16.1. The van der Waals surface area contributed by atoms with Crippen LogP contribution in [0, 0.1) is 5.92 Å². The number of ether oxygens (including phenoxy) is 2. The fourth-order valence-electron chi connectivity index (χ4n) is 1.13. The molecule has 0 rings (SSSR count). The largest absolute Gasteiger partial charge is 0.481 e. The van der Waals surface area contributed by atoms with E-state index in [0.717, 1.165) is 0 Å². The van der Waals surface area contributed by atoms with Crippen LogP contribution in [-0.2, 0) is 14.3 Å². The second kappa shape index (κ2) is 11.6. The molecule has 0 aromatic heterocycles. The van der Waals surface area contributed by atoms with E-state index in [-0.39, 0.29) is 5.92 Å². The average molecular weight is 268 g/mol. The van der Waals surface area contributed by atoms with Crippen LogP contribution in [0.1, 0.15) is 12.8 Å². The molecule has 0 bridgehead atoms. The third-order valence-electron chi connectivity index (χ3n) is 1.97. The first-order valence-electron chi connectivity index (χ1n) is 5.08. The van der Waals surface area contributed by atoms with E-state index >= 15 is 0 Å². The highest BCUT2D eigenvalue weighted by atomic mass is 32.2. The Balaban J connectivity index is 3.59. The summed E-state index contributed by atoms with van der Waals surface area (Å²) in [6.07, 6.45) is 5.01. The van der Waals surface area contributed by atoms with Gasteiger partial charge >= 0.3 is 5.97 Å². The third kappa shape index (κ3) is 9.33. The number of thioether (sulfide) groups is 2. The molecule has 0 heterocycles. The lowest BCUT2D eigenvalue weighted by Crippen LogP contribution is -2.18. The highest BCUT2D eigenvalue weighted by Crippen LogP contribution is 2.10. The van der Waals surface area contributed by atoms with Gasteiger partial charge < -0.3 is 14.6 Å². The molecule has 4 nitrogen and oxygen atoms in total. The SMILES string of the molecule is CSCOCCC(CCOCSC)C(=O)O. The van der Waals surface area contributed by atoms with Gasteiger partial charge in [-0.05, 0) is 25.4 Å². The van der Waals surface area contributed by atoms with Gasteiger partial charge in [0, 0.05) is 13.2 Å². The zero-order valence-corrected chi connectivity index (χ0v) is 11.4. The van der Waals surface area contributed by atoms with E-state index in [9.17, 15) is 4.79 Å². The molecule has 0 saturated carbocycles. The minimum atomic E-state index is -0.763. The molecular weight excluding hydrogens is 248 g/mol. The normalized spacial score (nSPS) is 10.9. The van der Waals surface area contributed by atoms with Gasteiger partial charge in [0.1, 0.15) is 0 Å². The fraction of sp³-hybridized carbons (Fsp3) is 0.900. The molecular formula is C10H20O4S2. The van der Waals surface area contributed by atoms with Crippen molar-refractivity contribution in [2.75, 3.05) is 37.6 Å². The molecule has 0 aromatic rings. The molecule has 6 heteroatoms. The van der Waals surface area contributed by atoms with E-state index in [2.05, 4.69) is 0 Å². The molecule has 0 radical (unpaired) electrons. The summed E-state index contributed by atoms with van der Waals surface area (Å²) < 4.78 is 10.5. The van der Waals surface area contributed by atoms with Crippen molar-refractivity contribution in [1.82, 2.24) is 0 Å². The zero-order chi connectivity index (χ0) is 12.2. The molecule has 0 aliphatic rings. The van der Waals surface area contributed by atoms with Gasteiger partial charge in [-0.15, -0.1) is 23.5 Å². The van der Waals surface area contributed by atoms with E-state index in [4.69, 9.17) is 14.6 Å². The Morgan fingerprint density at radius 3 is 1.88 bits per heavy atom. The quantitative estimate of drug-likeness (QED) is 0.458. The van der Waals surface area contributed by atoms with E-state index in [0.29, 0.717) is 37.9 Å². The van der Waals surface area contributed by atoms with Crippen molar-refractivity contribution in [3.05, 3.63) is 0 Å². The number of hydrogen-bond acceptors (Lipinski definition) is 5. The molecule has 0 aliphatic heterocycles. The highest BCUT2D eigenvalue weighted by molar-refractivity contribution is 7.98. The average Bonchev–Trinajstić information content (AvgIpc) is 2.26. The molecule has 0 amide bonds. The number of carboxylic acids is 1. The molecule has 0 atom stereocenters. The Morgan fingerprint density at radius 1 is 1.12 bits per heavy atom. The van der Waals surface area contributed by atoms with E-state index in [1.165, 1.54) is 0 Å². The Bertz CT molecular complexity index is 166.